The van der Waals surface area contributed by atoms with E-state index in [0.29, 0.717) is 17.2 Å². The van der Waals surface area contributed by atoms with Gasteiger partial charge in [-0.2, -0.15) is 0 Å². The molecular formula is C54H47NO6. The van der Waals surface area contributed by atoms with Crippen molar-refractivity contribution in [3.05, 3.63) is 209 Å². The number of nitrogens with zero attached hydrogens (tertiary/aromatic N) is 1. The predicted octanol–water partition coefficient (Wildman–Crippen LogP) is 13.6. The third-order valence-corrected chi connectivity index (χ3v) is 10.3. The van der Waals surface area contributed by atoms with Gasteiger partial charge in [-0.05, 0) is 125 Å². The Kier molecular flexibility index (Phi) is 12.9. The van der Waals surface area contributed by atoms with E-state index in [9.17, 15) is 9.59 Å². The van der Waals surface area contributed by atoms with Crippen LogP contribution in [0.1, 0.15) is 59.7 Å². The number of hydrogen-bond donors (Lipinski definition) is 0. The van der Waals surface area contributed by atoms with Gasteiger partial charge in [0.15, 0.2) is 0 Å². The predicted molar refractivity (Wildman–Crippen MR) is 246 cm³/mol. The van der Waals surface area contributed by atoms with Gasteiger partial charge in [-0.25, -0.2) is 4.79 Å². The van der Waals surface area contributed by atoms with Crippen LogP contribution in [0.2, 0.25) is 0 Å². The van der Waals surface area contributed by atoms with E-state index in [2.05, 4.69) is 117 Å². The molecule has 0 aliphatic rings. The Morgan fingerprint density at radius 3 is 1.11 bits per heavy atom. The highest BCUT2D eigenvalue weighted by atomic mass is 16.7. The van der Waals surface area contributed by atoms with Gasteiger partial charge in [-0.15, -0.1) is 0 Å². The van der Waals surface area contributed by atoms with E-state index in [0.717, 1.165) is 56.2 Å². The zero-order valence-corrected chi connectivity index (χ0v) is 34.9. The molecule has 0 aromatic heterocycles. The van der Waals surface area contributed by atoms with Gasteiger partial charge in [-0.3, -0.25) is 4.79 Å². The number of methoxy groups -OCH3 is 1. The lowest BCUT2D eigenvalue weighted by Gasteiger charge is -2.26. The number of ether oxygens (including phenoxy) is 4. The van der Waals surface area contributed by atoms with Crippen molar-refractivity contribution in [2.45, 2.75) is 33.1 Å². The van der Waals surface area contributed by atoms with Crippen molar-refractivity contribution in [3.63, 3.8) is 0 Å². The first-order chi connectivity index (χ1) is 29.5. The fourth-order valence-corrected chi connectivity index (χ4v) is 6.78. The maximum Gasteiger partial charge on any atom is 0.519 e. The van der Waals surface area contributed by atoms with Gasteiger partial charge in [0.05, 0.1) is 7.11 Å². The molecule has 0 radical (unpaired) electrons. The highest BCUT2D eigenvalue weighted by molar-refractivity contribution is 5.80. The summed E-state index contributed by atoms with van der Waals surface area (Å²) in [4.78, 5) is 26.2. The molecule has 61 heavy (non-hydrogen) atoms. The number of rotatable bonds is 13. The molecular weight excluding hydrogens is 759 g/mol. The summed E-state index contributed by atoms with van der Waals surface area (Å²) in [5, 5.41) is 0. The van der Waals surface area contributed by atoms with E-state index in [4.69, 9.17) is 18.9 Å². The molecule has 7 aromatic rings. The number of benzene rings is 7. The molecule has 0 saturated carbocycles. The number of anilines is 3. The number of hydrogen-bond acceptors (Lipinski definition) is 7. The minimum absolute atomic E-state index is 0.345. The van der Waals surface area contributed by atoms with E-state index in [-0.39, 0.29) is 11.4 Å². The second-order valence-corrected chi connectivity index (χ2v) is 15.1. The Morgan fingerprint density at radius 2 is 0.754 bits per heavy atom. The average Bonchev–Trinajstić information content (AvgIpc) is 3.27. The van der Waals surface area contributed by atoms with Crippen LogP contribution in [0.4, 0.5) is 21.9 Å². The zero-order valence-electron chi connectivity index (χ0n) is 34.9. The molecule has 7 rings (SSSR count). The topological polar surface area (TPSA) is 74.3 Å². The van der Waals surface area contributed by atoms with E-state index in [1.165, 1.54) is 12.5 Å². The molecule has 7 heteroatoms. The highest BCUT2D eigenvalue weighted by Gasteiger charge is 2.23. The third-order valence-electron chi connectivity index (χ3n) is 10.3. The maximum atomic E-state index is 12.7. The molecule has 7 aromatic carbocycles. The SMILES string of the molecule is COc1ccc(C=Cc2ccc(N(c3ccc(C)cc3)c3ccc(C=Cc4ccc(OC(=O)Oc5ccc(C(C)(C)c6ccc(OC(C)=O)cc6)cc5)cc4)cc3)cc2)cc1. The Hall–Kier alpha value is -7.64. The lowest BCUT2D eigenvalue weighted by atomic mass is 9.78. The lowest BCUT2D eigenvalue weighted by molar-refractivity contribution is -0.131. The number of aryl methyl sites for hydroxylation is 1. The summed E-state index contributed by atoms with van der Waals surface area (Å²) >= 11 is 0. The lowest BCUT2D eigenvalue weighted by Crippen LogP contribution is -2.19. The van der Waals surface area contributed by atoms with Crippen LogP contribution < -0.4 is 23.8 Å². The number of esters is 1. The van der Waals surface area contributed by atoms with Gasteiger partial charge in [0, 0.05) is 29.4 Å². The Labute approximate surface area is 357 Å². The van der Waals surface area contributed by atoms with E-state index >= 15 is 0 Å². The van der Waals surface area contributed by atoms with Crippen molar-refractivity contribution in [2.75, 3.05) is 12.0 Å². The quantitative estimate of drug-likeness (QED) is 0.0497. The fraction of sp³-hybridized carbons (Fsp3) is 0.111. The van der Waals surface area contributed by atoms with Crippen molar-refractivity contribution in [1.29, 1.82) is 0 Å². The van der Waals surface area contributed by atoms with Crippen molar-refractivity contribution >= 4 is 53.5 Å². The molecule has 0 unspecified atom stereocenters. The van der Waals surface area contributed by atoms with Crippen LogP contribution in [-0.2, 0) is 10.2 Å². The van der Waals surface area contributed by atoms with Crippen LogP contribution in [0.5, 0.6) is 23.0 Å². The van der Waals surface area contributed by atoms with Crippen LogP contribution in [0, 0.1) is 6.92 Å². The Bertz CT molecular complexity index is 2610. The molecule has 7 nitrogen and oxygen atoms in total. The van der Waals surface area contributed by atoms with Gasteiger partial charge < -0.3 is 23.8 Å². The van der Waals surface area contributed by atoms with Crippen LogP contribution >= 0.6 is 0 Å². The number of carbonyl (C=O) groups is 2. The Balaban J connectivity index is 0.956. The van der Waals surface area contributed by atoms with Crippen LogP contribution in [-0.4, -0.2) is 19.2 Å². The summed E-state index contributed by atoms with van der Waals surface area (Å²) in [6, 6.07) is 55.5. The first-order valence-corrected chi connectivity index (χ1v) is 20.0. The van der Waals surface area contributed by atoms with E-state index in [1.54, 1.807) is 43.5 Å². The molecule has 0 amide bonds. The van der Waals surface area contributed by atoms with Crippen LogP contribution in [0.15, 0.2) is 170 Å². The average molecular weight is 806 g/mol. The first kappa shape index (κ1) is 41.5. The highest BCUT2D eigenvalue weighted by Crippen LogP contribution is 2.36. The molecule has 304 valence electrons. The van der Waals surface area contributed by atoms with Crippen LogP contribution in [0.25, 0.3) is 24.3 Å². The standard InChI is InChI=1S/C54H47NO6/c1-38-6-24-46(25-7-38)55(47-26-12-40(13-27-47)8-10-42-16-30-49(58-5)31-17-42)48-28-14-41(15-29-48)9-11-43-18-32-51(33-19-43)60-53(57)61-52-36-22-45(23-37-52)54(3,4)44-20-34-50(35-21-44)59-39(2)56/h6-37H,1-5H3. The van der Waals surface area contributed by atoms with E-state index < -0.39 is 6.16 Å². The molecule has 0 aliphatic carbocycles. The molecule has 0 heterocycles. The largest absolute Gasteiger partial charge is 0.519 e. The minimum Gasteiger partial charge on any atom is -0.497 e. The minimum atomic E-state index is -0.825. The first-order valence-electron chi connectivity index (χ1n) is 20.0. The molecule has 0 fully saturated rings. The van der Waals surface area contributed by atoms with Crippen molar-refractivity contribution in [1.82, 2.24) is 0 Å². The van der Waals surface area contributed by atoms with Crippen LogP contribution in [0.3, 0.4) is 0 Å². The van der Waals surface area contributed by atoms with Crippen molar-refractivity contribution in [2.24, 2.45) is 0 Å². The molecule has 0 atom stereocenters. The van der Waals surface area contributed by atoms with Gasteiger partial charge >= 0.3 is 12.1 Å². The number of carbonyl (C=O) groups excluding carboxylic acids is 2. The van der Waals surface area contributed by atoms with Gasteiger partial charge in [0.25, 0.3) is 0 Å². The monoisotopic (exact) mass is 805 g/mol. The van der Waals surface area contributed by atoms with Gasteiger partial charge in [-0.1, -0.05) is 129 Å². The summed E-state index contributed by atoms with van der Waals surface area (Å²) in [6.07, 6.45) is 7.45. The van der Waals surface area contributed by atoms with Crippen molar-refractivity contribution in [3.8, 4) is 23.0 Å². The maximum absolute atomic E-state index is 12.7. The smallest absolute Gasteiger partial charge is 0.497 e. The molecule has 0 spiro atoms. The Morgan fingerprint density at radius 1 is 0.443 bits per heavy atom. The summed E-state index contributed by atoms with van der Waals surface area (Å²) in [5.74, 6) is 1.72. The molecule has 0 N–H and O–H groups in total. The van der Waals surface area contributed by atoms with Gasteiger partial charge in [0.1, 0.15) is 23.0 Å². The van der Waals surface area contributed by atoms with Crippen molar-refractivity contribution < 1.29 is 28.5 Å². The summed E-state index contributed by atoms with van der Waals surface area (Å²) in [5.41, 5.74) is 10.3. The summed E-state index contributed by atoms with van der Waals surface area (Å²) in [7, 11) is 1.67. The summed E-state index contributed by atoms with van der Waals surface area (Å²) < 4.78 is 21.4. The molecule has 0 saturated heterocycles. The third kappa shape index (κ3) is 10.9. The molecule has 0 bridgehead atoms. The second-order valence-electron chi connectivity index (χ2n) is 15.1. The normalized spacial score (nSPS) is 11.4. The second kappa shape index (κ2) is 19.0. The van der Waals surface area contributed by atoms with E-state index in [1.807, 2.05) is 66.7 Å². The fourth-order valence-electron chi connectivity index (χ4n) is 6.78. The zero-order chi connectivity index (χ0) is 42.8. The van der Waals surface area contributed by atoms with Gasteiger partial charge in [0.2, 0.25) is 0 Å². The summed E-state index contributed by atoms with van der Waals surface area (Å²) in [6.45, 7) is 7.66. The molecule has 0 aliphatic heterocycles.